The van der Waals surface area contributed by atoms with Crippen molar-refractivity contribution in [3.05, 3.63) is 37.5 Å². The Kier molecular flexibility index (Phi) is 6.82. The number of hydrogen-bond acceptors (Lipinski definition) is 6. The molecule has 1 saturated heterocycles. The van der Waals surface area contributed by atoms with E-state index < -0.39 is 0 Å². The standard InChI is InChI=1S/C20H27N3O2S2.ClH/c1-13(2)18-22-15(12-26-18)11-23(3)19(24)16-10-14-4-9-25-20(17(14)27-16)5-7-21-8-6-20;/h10,12-13,21H,4-9,11H2,1-3H3;1H. The molecule has 0 unspecified atom stereocenters. The van der Waals surface area contributed by atoms with E-state index in [4.69, 9.17) is 4.74 Å². The predicted octanol–water partition coefficient (Wildman–Crippen LogP) is 4.17. The van der Waals surface area contributed by atoms with Gasteiger partial charge >= 0.3 is 0 Å². The number of ether oxygens (including phenoxy) is 1. The van der Waals surface area contributed by atoms with Crippen molar-refractivity contribution in [2.75, 3.05) is 26.7 Å². The summed E-state index contributed by atoms with van der Waals surface area (Å²) < 4.78 is 6.24. The third-order valence-corrected chi connectivity index (χ3v) is 7.95. The molecule has 0 aliphatic carbocycles. The van der Waals surface area contributed by atoms with Gasteiger partial charge in [0.15, 0.2) is 0 Å². The highest BCUT2D eigenvalue weighted by atomic mass is 35.5. The van der Waals surface area contributed by atoms with Gasteiger partial charge in [-0.15, -0.1) is 35.1 Å². The van der Waals surface area contributed by atoms with Crippen LogP contribution in [-0.2, 0) is 23.3 Å². The average molecular weight is 442 g/mol. The van der Waals surface area contributed by atoms with Crippen molar-refractivity contribution in [1.29, 1.82) is 0 Å². The van der Waals surface area contributed by atoms with Crippen LogP contribution in [0.1, 0.15) is 63.4 Å². The maximum atomic E-state index is 13.0. The van der Waals surface area contributed by atoms with Crippen LogP contribution in [-0.4, -0.2) is 42.5 Å². The van der Waals surface area contributed by atoms with Crippen LogP contribution in [0.25, 0.3) is 0 Å². The molecule has 154 valence electrons. The minimum Gasteiger partial charge on any atom is -0.369 e. The Morgan fingerprint density at radius 3 is 2.82 bits per heavy atom. The molecule has 2 aliphatic heterocycles. The molecule has 0 bridgehead atoms. The van der Waals surface area contributed by atoms with Crippen LogP contribution in [0.3, 0.4) is 0 Å². The van der Waals surface area contributed by atoms with E-state index in [2.05, 4.69) is 35.6 Å². The molecule has 0 radical (unpaired) electrons. The van der Waals surface area contributed by atoms with Crippen LogP contribution in [0.4, 0.5) is 0 Å². The molecule has 4 rings (SSSR count). The molecular formula is C20H28ClN3O2S2. The fourth-order valence-corrected chi connectivity index (χ4v) is 6.12. The highest BCUT2D eigenvalue weighted by Gasteiger charge is 2.41. The summed E-state index contributed by atoms with van der Waals surface area (Å²) in [5.74, 6) is 0.507. The normalized spacial score (nSPS) is 18.0. The third kappa shape index (κ3) is 4.14. The van der Waals surface area contributed by atoms with Crippen LogP contribution in [0.2, 0.25) is 0 Å². The second kappa shape index (κ2) is 8.79. The summed E-state index contributed by atoms with van der Waals surface area (Å²) in [5.41, 5.74) is 2.10. The van der Waals surface area contributed by atoms with Gasteiger partial charge in [0.1, 0.15) is 5.60 Å². The van der Waals surface area contributed by atoms with Crippen molar-refractivity contribution in [2.24, 2.45) is 0 Å². The van der Waals surface area contributed by atoms with Crippen molar-refractivity contribution < 1.29 is 9.53 Å². The van der Waals surface area contributed by atoms with Gasteiger partial charge in [-0.25, -0.2) is 4.98 Å². The first kappa shape index (κ1) is 21.7. The summed E-state index contributed by atoms with van der Waals surface area (Å²) in [5, 5.41) is 6.61. The number of hydrogen-bond donors (Lipinski definition) is 1. The number of rotatable bonds is 4. The van der Waals surface area contributed by atoms with E-state index in [1.807, 2.05) is 7.05 Å². The lowest BCUT2D eigenvalue weighted by atomic mass is 9.86. The Morgan fingerprint density at radius 2 is 2.14 bits per heavy atom. The summed E-state index contributed by atoms with van der Waals surface area (Å²) >= 11 is 3.31. The van der Waals surface area contributed by atoms with Gasteiger partial charge in [0.25, 0.3) is 5.91 Å². The quantitative estimate of drug-likeness (QED) is 0.773. The number of nitrogens with one attached hydrogen (secondary N) is 1. The number of amides is 1. The number of aromatic nitrogens is 1. The van der Waals surface area contributed by atoms with Gasteiger partial charge in [-0.3, -0.25) is 4.79 Å². The molecule has 1 spiro atoms. The number of thiophene rings is 1. The van der Waals surface area contributed by atoms with Crippen LogP contribution in [0.15, 0.2) is 11.4 Å². The number of thiazole rings is 1. The van der Waals surface area contributed by atoms with Gasteiger partial charge in [0.05, 0.1) is 28.7 Å². The molecule has 1 N–H and O–H groups in total. The lowest BCUT2D eigenvalue weighted by Gasteiger charge is -2.40. The molecule has 5 nitrogen and oxygen atoms in total. The Morgan fingerprint density at radius 1 is 1.39 bits per heavy atom. The summed E-state index contributed by atoms with van der Waals surface area (Å²) in [6.07, 6.45) is 2.88. The number of fused-ring (bicyclic) bond motifs is 2. The zero-order valence-electron chi connectivity index (χ0n) is 16.6. The molecular weight excluding hydrogens is 414 g/mol. The minimum atomic E-state index is -0.179. The maximum absolute atomic E-state index is 13.0. The van der Waals surface area contributed by atoms with Crippen molar-refractivity contribution >= 4 is 41.0 Å². The fraction of sp³-hybridized carbons (Fsp3) is 0.600. The smallest absolute Gasteiger partial charge is 0.264 e. The number of halogens is 1. The number of piperidine rings is 1. The van der Waals surface area contributed by atoms with Gasteiger partial charge in [0.2, 0.25) is 0 Å². The summed E-state index contributed by atoms with van der Waals surface area (Å²) in [7, 11) is 1.87. The van der Waals surface area contributed by atoms with Gasteiger partial charge in [-0.1, -0.05) is 13.8 Å². The van der Waals surface area contributed by atoms with Crippen LogP contribution in [0.5, 0.6) is 0 Å². The highest BCUT2D eigenvalue weighted by molar-refractivity contribution is 7.14. The van der Waals surface area contributed by atoms with E-state index >= 15 is 0 Å². The van der Waals surface area contributed by atoms with E-state index in [1.54, 1.807) is 27.6 Å². The molecule has 2 aromatic rings. The molecule has 0 aromatic carbocycles. The first-order chi connectivity index (χ1) is 13.0. The van der Waals surface area contributed by atoms with E-state index in [-0.39, 0.29) is 23.9 Å². The summed E-state index contributed by atoms with van der Waals surface area (Å²) in [6, 6.07) is 2.10. The second-order valence-corrected chi connectivity index (χ2v) is 9.74. The van der Waals surface area contributed by atoms with Crippen molar-refractivity contribution in [2.45, 2.75) is 51.2 Å². The summed E-state index contributed by atoms with van der Waals surface area (Å²) in [4.78, 5) is 21.6. The lowest BCUT2D eigenvalue weighted by molar-refractivity contribution is -0.0771. The van der Waals surface area contributed by atoms with Crippen molar-refractivity contribution in [3.8, 4) is 0 Å². The maximum Gasteiger partial charge on any atom is 0.264 e. The number of carbonyl (C=O) groups excluding carboxylic acids is 1. The van der Waals surface area contributed by atoms with E-state index in [0.29, 0.717) is 12.5 Å². The minimum absolute atomic E-state index is 0. The average Bonchev–Trinajstić information content (AvgIpc) is 3.30. The van der Waals surface area contributed by atoms with E-state index in [0.717, 1.165) is 54.5 Å². The first-order valence-electron chi connectivity index (χ1n) is 9.66. The van der Waals surface area contributed by atoms with Gasteiger partial charge in [-0.2, -0.15) is 0 Å². The van der Waals surface area contributed by atoms with E-state index in [9.17, 15) is 4.79 Å². The first-order valence-corrected chi connectivity index (χ1v) is 11.4. The number of carbonyl (C=O) groups is 1. The van der Waals surface area contributed by atoms with Gasteiger partial charge in [0, 0.05) is 23.2 Å². The zero-order chi connectivity index (χ0) is 19.0. The van der Waals surface area contributed by atoms with Crippen LogP contribution >= 0.6 is 35.1 Å². The molecule has 28 heavy (non-hydrogen) atoms. The van der Waals surface area contributed by atoms with Crippen molar-refractivity contribution in [1.82, 2.24) is 15.2 Å². The Hall–Kier alpha value is -0.990. The van der Waals surface area contributed by atoms with E-state index in [1.165, 1.54) is 10.4 Å². The SMILES string of the molecule is CC(C)c1nc(CN(C)C(=O)c2cc3c(s2)C2(CCNCC2)OCC3)cs1.Cl. The monoisotopic (exact) mass is 441 g/mol. The topological polar surface area (TPSA) is 54.5 Å². The molecule has 4 heterocycles. The molecule has 1 fully saturated rings. The van der Waals surface area contributed by atoms with Gasteiger partial charge in [-0.05, 0) is 44.0 Å². The fourth-order valence-electron chi connectivity index (χ4n) is 3.89. The molecule has 0 saturated carbocycles. The number of nitrogens with zero attached hydrogens (tertiary/aromatic N) is 2. The lowest BCUT2D eigenvalue weighted by Crippen LogP contribution is -2.43. The predicted molar refractivity (Wildman–Crippen MR) is 117 cm³/mol. The van der Waals surface area contributed by atoms with Gasteiger partial charge < -0.3 is 15.0 Å². The molecule has 2 aromatic heterocycles. The Balaban J connectivity index is 0.00000225. The molecule has 1 amide bonds. The molecule has 8 heteroatoms. The zero-order valence-corrected chi connectivity index (χ0v) is 19.1. The summed E-state index contributed by atoms with van der Waals surface area (Å²) in [6.45, 7) is 7.55. The van der Waals surface area contributed by atoms with Crippen LogP contribution in [0, 0.1) is 0 Å². The largest absolute Gasteiger partial charge is 0.369 e. The highest BCUT2D eigenvalue weighted by Crippen LogP contribution is 2.44. The van der Waals surface area contributed by atoms with Crippen LogP contribution < -0.4 is 5.32 Å². The third-order valence-electron chi connectivity index (χ3n) is 5.40. The molecule has 2 aliphatic rings. The molecule has 0 atom stereocenters. The Bertz CT molecular complexity index is 827. The second-order valence-electron chi connectivity index (χ2n) is 7.80. The van der Waals surface area contributed by atoms with Crippen molar-refractivity contribution in [3.63, 3.8) is 0 Å². The Labute approximate surface area is 180 Å².